The molecular weight excluding hydrogens is 508 g/mol. The summed E-state index contributed by atoms with van der Waals surface area (Å²) in [5, 5.41) is 5.25. The van der Waals surface area contributed by atoms with Gasteiger partial charge < -0.3 is 4.57 Å². The van der Waals surface area contributed by atoms with E-state index in [9.17, 15) is 21.6 Å². The van der Waals surface area contributed by atoms with Crippen LogP contribution >= 0.6 is 11.3 Å². The third-order valence-electron chi connectivity index (χ3n) is 5.99. The SMILES string of the molecule is CCCn1c(=NC(=O)c2ccc(S(=O)(=O)N3CCCC(C)C3)cc2)sc2cc(S(N)(=O)=O)ccc21. The number of aryl methyl sites for hydroxylation is 1. The standard InChI is InChI=1S/C23H28N4O5S3/c1-3-12-27-20-11-10-19(34(24,29)30)14-21(20)33-23(27)25-22(28)17-6-8-18(9-7-17)35(31,32)26-13-4-5-16(2)15-26/h6-11,14,16H,3-5,12-13,15H2,1-2H3,(H2,24,29,30). The van der Waals surface area contributed by atoms with Gasteiger partial charge in [-0.2, -0.15) is 9.30 Å². The van der Waals surface area contributed by atoms with Gasteiger partial charge in [0.25, 0.3) is 5.91 Å². The lowest BCUT2D eigenvalue weighted by molar-refractivity contribution is 0.0997. The number of sulfonamides is 2. The summed E-state index contributed by atoms with van der Waals surface area (Å²) in [6.07, 6.45) is 2.63. The van der Waals surface area contributed by atoms with E-state index in [4.69, 9.17) is 5.14 Å². The highest BCUT2D eigenvalue weighted by molar-refractivity contribution is 7.89. The van der Waals surface area contributed by atoms with Crippen molar-refractivity contribution in [2.45, 2.75) is 49.4 Å². The van der Waals surface area contributed by atoms with Gasteiger partial charge in [-0.25, -0.2) is 22.0 Å². The number of nitrogens with two attached hydrogens (primary N) is 1. The van der Waals surface area contributed by atoms with Crippen molar-refractivity contribution in [3.8, 4) is 0 Å². The normalized spacial score (nSPS) is 18.3. The van der Waals surface area contributed by atoms with Crippen LogP contribution in [0.1, 0.15) is 43.5 Å². The number of fused-ring (bicyclic) bond motifs is 1. The van der Waals surface area contributed by atoms with Crippen LogP contribution in [0, 0.1) is 5.92 Å². The molecule has 1 aliphatic heterocycles. The summed E-state index contributed by atoms with van der Waals surface area (Å²) in [7, 11) is -7.47. The number of piperidine rings is 1. The zero-order valence-electron chi connectivity index (χ0n) is 19.5. The van der Waals surface area contributed by atoms with Crippen molar-refractivity contribution in [2.24, 2.45) is 16.0 Å². The topological polar surface area (TPSA) is 132 Å². The highest BCUT2D eigenvalue weighted by Crippen LogP contribution is 2.24. The van der Waals surface area contributed by atoms with Gasteiger partial charge in [0.15, 0.2) is 4.80 Å². The lowest BCUT2D eigenvalue weighted by Gasteiger charge is -2.30. The molecule has 2 heterocycles. The monoisotopic (exact) mass is 536 g/mol. The number of hydrogen-bond acceptors (Lipinski definition) is 6. The first kappa shape index (κ1) is 25.7. The van der Waals surface area contributed by atoms with Crippen LogP contribution in [-0.2, 0) is 26.6 Å². The molecule has 4 rings (SSSR count). The van der Waals surface area contributed by atoms with Crippen molar-refractivity contribution < 1.29 is 21.6 Å². The van der Waals surface area contributed by atoms with Crippen molar-refractivity contribution in [3.05, 3.63) is 52.8 Å². The number of nitrogens with zero attached hydrogens (tertiary/aromatic N) is 3. The molecule has 1 saturated heterocycles. The first-order valence-corrected chi connectivity index (χ1v) is 15.2. The van der Waals surface area contributed by atoms with Crippen molar-refractivity contribution in [1.82, 2.24) is 8.87 Å². The van der Waals surface area contributed by atoms with Crippen LogP contribution < -0.4 is 9.94 Å². The lowest BCUT2D eigenvalue weighted by atomic mass is 10.0. The molecule has 0 bridgehead atoms. The molecule has 1 amide bonds. The van der Waals surface area contributed by atoms with E-state index in [1.165, 1.54) is 52.0 Å². The average Bonchev–Trinajstić information content (AvgIpc) is 3.15. The van der Waals surface area contributed by atoms with Crippen LogP contribution in [0.25, 0.3) is 10.2 Å². The molecule has 0 saturated carbocycles. The van der Waals surface area contributed by atoms with Crippen LogP contribution in [0.4, 0.5) is 0 Å². The van der Waals surface area contributed by atoms with Gasteiger partial charge in [0.05, 0.1) is 20.0 Å². The largest absolute Gasteiger partial charge is 0.316 e. The molecule has 1 atom stereocenters. The fourth-order valence-electron chi connectivity index (χ4n) is 4.19. The zero-order chi connectivity index (χ0) is 25.4. The van der Waals surface area contributed by atoms with Gasteiger partial charge in [-0.05, 0) is 67.6 Å². The molecule has 2 N–H and O–H groups in total. The Morgan fingerprint density at radius 2 is 1.80 bits per heavy atom. The van der Waals surface area contributed by atoms with Gasteiger partial charge in [-0.15, -0.1) is 0 Å². The first-order valence-electron chi connectivity index (χ1n) is 11.4. The minimum absolute atomic E-state index is 0.00678. The number of aromatic nitrogens is 1. The Morgan fingerprint density at radius 3 is 2.43 bits per heavy atom. The van der Waals surface area contributed by atoms with E-state index in [1.807, 2.05) is 18.4 Å². The minimum Gasteiger partial charge on any atom is -0.316 e. The van der Waals surface area contributed by atoms with E-state index in [0.717, 1.165) is 24.8 Å². The van der Waals surface area contributed by atoms with Crippen LogP contribution in [0.5, 0.6) is 0 Å². The Morgan fingerprint density at radius 1 is 1.11 bits per heavy atom. The number of carbonyl (C=O) groups excluding carboxylic acids is 1. The maximum Gasteiger partial charge on any atom is 0.279 e. The molecule has 12 heteroatoms. The summed E-state index contributed by atoms with van der Waals surface area (Å²) in [4.78, 5) is 17.8. The van der Waals surface area contributed by atoms with E-state index in [-0.39, 0.29) is 15.4 Å². The Balaban J connectivity index is 1.67. The Labute approximate surface area is 209 Å². The molecular formula is C23H28N4O5S3. The molecule has 1 aliphatic rings. The lowest BCUT2D eigenvalue weighted by Crippen LogP contribution is -2.39. The predicted molar refractivity (Wildman–Crippen MR) is 135 cm³/mol. The number of thiazole rings is 1. The number of primary sulfonamides is 1. The molecule has 35 heavy (non-hydrogen) atoms. The first-order chi connectivity index (χ1) is 16.5. The van der Waals surface area contributed by atoms with Gasteiger partial charge >= 0.3 is 0 Å². The average molecular weight is 537 g/mol. The number of carbonyl (C=O) groups is 1. The van der Waals surface area contributed by atoms with Gasteiger partial charge in [0.2, 0.25) is 20.0 Å². The van der Waals surface area contributed by atoms with Crippen molar-refractivity contribution in [2.75, 3.05) is 13.1 Å². The molecule has 0 radical (unpaired) electrons. The number of hydrogen-bond donors (Lipinski definition) is 1. The highest BCUT2D eigenvalue weighted by Gasteiger charge is 2.28. The fourth-order valence-corrected chi connectivity index (χ4v) is 7.50. The summed E-state index contributed by atoms with van der Waals surface area (Å²) in [5.41, 5.74) is 1.02. The van der Waals surface area contributed by atoms with Gasteiger partial charge in [0.1, 0.15) is 0 Å². The van der Waals surface area contributed by atoms with E-state index in [1.54, 1.807) is 6.07 Å². The molecule has 3 aromatic rings. The number of rotatable bonds is 6. The zero-order valence-corrected chi connectivity index (χ0v) is 22.0. The van der Waals surface area contributed by atoms with E-state index >= 15 is 0 Å². The third-order valence-corrected chi connectivity index (χ3v) is 9.82. The van der Waals surface area contributed by atoms with Gasteiger partial charge in [-0.3, -0.25) is 4.79 Å². The second kappa shape index (κ2) is 9.94. The van der Waals surface area contributed by atoms with Crippen LogP contribution in [-0.4, -0.2) is 44.7 Å². The van der Waals surface area contributed by atoms with Crippen molar-refractivity contribution in [1.29, 1.82) is 0 Å². The summed E-state index contributed by atoms with van der Waals surface area (Å²) < 4.78 is 53.4. The minimum atomic E-state index is -3.86. The Bertz CT molecular complexity index is 1540. The molecule has 2 aromatic carbocycles. The van der Waals surface area contributed by atoms with Crippen LogP contribution in [0.2, 0.25) is 0 Å². The van der Waals surface area contributed by atoms with E-state index in [2.05, 4.69) is 4.99 Å². The van der Waals surface area contributed by atoms with Gasteiger partial charge in [-0.1, -0.05) is 25.2 Å². The molecule has 1 aromatic heterocycles. The smallest absolute Gasteiger partial charge is 0.279 e. The fraction of sp³-hybridized carbons (Fsp3) is 0.391. The summed E-state index contributed by atoms with van der Waals surface area (Å²) in [5.74, 6) is -0.195. The summed E-state index contributed by atoms with van der Waals surface area (Å²) >= 11 is 1.20. The molecule has 1 unspecified atom stereocenters. The molecule has 0 aliphatic carbocycles. The molecule has 9 nitrogen and oxygen atoms in total. The van der Waals surface area contributed by atoms with Crippen LogP contribution in [0.3, 0.4) is 0 Å². The second-order valence-electron chi connectivity index (χ2n) is 8.76. The predicted octanol–water partition coefficient (Wildman–Crippen LogP) is 2.92. The second-order valence-corrected chi connectivity index (χ2v) is 13.3. The molecule has 0 spiro atoms. The Hall–Kier alpha value is -2.38. The van der Waals surface area contributed by atoms with Crippen molar-refractivity contribution in [3.63, 3.8) is 0 Å². The molecule has 1 fully saturated rings. The maximum atomic E-state index is 13.0. The van der Waals surface area contributed by atoms with Crippen molar-refractivity contribution >= 4 is 47.5 Å². The quantitative estimate of drug-likeness (QED) is 0.517. The third kappa shape index (κ3) is 5.41. The van der Waals surface area contributed by atoms with E-state index in [0.29, 0.717) is 35.1 Å². The van der Waals surface area contributed by atoms with E-state index < -0.39 is 26.0 Å². The maximum absolute atomic E-state index is 13.0. The number of benzene rings is 2. The number of amides is 1. The summed E-state index contributed by atoms with van der Waals surface area (Å²) in [6, 6.07) is 10.4. The summed E-state index contributed by atoms with van der Waals surface area (Å²) in [6.45, 7) is 5.61. The van der Waals surface area contributed by atoms with Gasteiger partial charge in [0, 0.05) is 25.2 Å². The highest BCUT2D eigenvalue weighted by atomic mass is 32.2. The van der Waals surface area contributed by atoms with Crippen LogP contribution in [0.15, 0.2) is 57.2 Å². The molecule has 188 valence electrons. The Kier molecular flexibility index (Phi) is 7.30.